The van der Waals surface area contributed by atoms with E-state index in [0.29, 0.717) is 36.8 Å². The number of carbonyl (C=O) groups excluding carboxylic acids is 1. The lowest BCUT2D eigenvalue weighted by atomic mass is 10.2. The number of ether oxygens (including phenoxy) is 1. The lowest BCUT2D eigenvalue weighted by Gasteiger charge is -2.23. The van der Waals surface area contributed by atoms with Gasteiger partial charge in [-0.2, -0.15) is 0 Å². The summed E-state index contributed by atoms with van der Waals surface area (Å²) in [7, 11) is 1.61. The van der Waals surface area contributed by atoms with Gasteiger partial charge in [-0.25, -0.2) is 14.2 Å². The first kappa shape index (κ1) is 23.2. The average molecular weight is 487 g/mol. The van der Waals surface area contributed by atoms with E-state index in [2.05, 4.69) is 10.3 Å². The number of fused-ring (bicyclic) bond motifs is 1. The van der Waals surface area contributed by atoms with Crippen LogP contribution in [0.5, 0.6) is 0 Å². The number of hydrogen-bond donors (Lipinski definition) is 1. The van der Waals surface area contributed by atoms with E-state index in [-0.39, 0.29) is 11.8 Å². The fourth-order valence-corrected chi connectivity index (χ4v) is 4.50. The van der Waals surface area contributed by atoms with Gasteiger partial charge in [0.25, 0.3) is 0 Å². The summed E-state index contributed by atoms with van der Waals surface area (Å²) in [5.41, 5.74) is 4.29. The molecule has 0 aliphatic rings. The van der Waals surface area contributed by atoms with Gasteiger partial charge in [-0.1, -0.05) is 17.7 Å². The molecule has 0 saturated carbocycles. The molecule has 172 valence electrons. The predicted molar refractivity (Wildman–Crippen MR) is 131 cm³/mol. The third-order valence-corrected chi connectivity index (χ3v) is 6.63. The zero-order valence-corrected chi connectivity index (χ0v) is 19.9. The lowest BCUT2D eigenvalue weighted by Crippen LogP contribution is -2.38. The molecule has 9 heteroatoms. The van der Waals surface area contributed by atoms with Crippen LogP contribution in [-0.2, 0) is 11.2 Å². The number of urea groups is 1. The number of imidazole rings is 1. The van der Waals surface area contributed by atoms with E-state index in [4.69, 9.17) is 16.3 Å². The highest BCUT2D eigenvalue weighted by Gasteiger charge is 2.16. The maximum absolute atomic E-state index is 13.2. The molecule has 0 atom stereocenters. The van der Waals surface area contributed by atoms with Crippen LogP contribution in [0.1, 0.15) is 11.3 Å². The van der Waals surface area contributed by atoms with E-state index in [1.165, 1.54) is 23.5 Å². The molecule has 0 bridgehead atoms. The van der Waals surface area contributed by atoms with Gasteiger partial charge in [0, 0.05) is 60.2 Å². The van der Waals surface area contributed by atoms with Crippen molar-refractivity contribution in [1.29, 1.82) is 0 Å². The molecule has 2 heterocycles. The Kier molecular flexibility index (Phi) is 7.27. The second kappa shape index (κ2) is 10.3. The molecule has 6 nitrogen and oxygen atoms in total. The largest absolute Gasteiger partial charge is 0.383 e. The normalized spacial score (nSPS) is 11.2. The predicted octanol–water partition coefficient (Wildman–Crippen LogP) is 5.89. The number of nitrogens with zero attached hydrogens (tertiary/aromatic N) is 3. The molecule has 0 radical (unpaired) electrons. The Morgan fingerprint density at radius 2 is 2.03 bits per heavy atom. The Labute approximate surface area is 200 Å². The third-order valence-electron chi connectivity index (χ3n) is 5.34. The molecule has 33 heavy (non-hydrogen) atoms. The minimum Gasteiger partial charge on any atom is -0.383 e. The summed E-state index contributed by atoms with van der Waals surface area (Å²) in [4.78, 5) is 20.1. The molecule has 2 aromatic carbocycles. The van der Waals surface area contributed by atoms with Crippen LogP contribution in [0.2, 0.25) is 5.02 Å². The maximum Gasteiger partial charge on any atom is 0.321 e. The Bertz CT molecular complexity index is 1260. The summed E-state index contributed by atoms with van der Waals surface area (Å²) in [5.74, 6) is -0.275. The van der Waals surface area contributed by atoms with Crippen molar-refractivity contribution >= 4 is 39.6 Å². The van der Waals surface area contributed by atoms with Gasteiger partial charge in [-0.3, -0.25) is 4.40 Å². The van der Waals surface area contributed by atoms with E-state index in [1.807, 2.05) is 35.0 Å². The zero-order valence-electron chi connectivity index (χ0n) is 18.3. The van der Waals surface area contributed by atoms with Crippen molar-refractivity contribution in [2.75, 3.05) is 32.1 Å². The fourth-order valence-electron chi connectivity index (χ4n) is 3.41. The van der Waals surface area contributed by atoms with Crippen molar-refractivity contribution in [2.45, 2.75) is 13.3 Å². The maximum atomic E-state index is 13.2. The molecule has 2 aromatic heterocycles. The standard InChI is InChI=1S/C24H24ClFN4O2S/c1-16-3-8-19(13-21(16)25)27-23(31)29(11-12-32-2)10-9-20-15-33-24-28-22(14-30(20)24)17-4-6-18(26)7-5-17/h3-8,13-15H,9-12H2,1-2H3,(H,27,31). The SMILES string of the molecule is COCCN(CCc1csc2nc(-c3ccc(F)cc3)cn12)C(=O)Nc1ccc(C)c(Cl)c1. The molecule has 4 rings (SSSR count). The van der Waals surface area contributed by atoms with Crippen molar-refractivity contribution < 1.29 is 13.9 Å². The first-order valence-corrected chi connectivity index (χ1v) is 11.7. The highest BCUT2D eigenvalue weighted by Crippen LogP contribution is 2.24. The first-order chi connectivity index (χ1) is 15.9. The number of benzene rings is 2. The molecular formula is C24H24ClFN4O2S. The van der Waals surface area contributed by atoms with Crippen LogP contribution in [0.25, 0.3) is 16.2 Å². The van der Waals surface area contributed by atoms with Crippen molar-refractivity contribution in [3.05, 3.63) is 76.1 Å². The first-order valence-electron chi connectivity index (χ1n) is 10.5. The molecule has 1 N–H and O–H groups in total. The van der Waals surface area contributed by atoms with E-state index < -0.39 is 0 Å². The van der Waals surface area contributed by atoms with Gasteiger partial charge in [0.2, 0.25) is 0 Å². The number of anilines is 1. The highest BCUT2D eigenvalue weighted by atomic mass is 35.5. The van der Waals surface area contributed by atoms with Gasteiger partial charge in [-0.15, -0.1) is 11.3 Å². The van der Waals surface area contributed by atoms with Gasteiger partial charge < -0.3 is 15.0 Å². The lowest BCUT2D eigenvalue weighted by molar-refractivity contribution is 0.155. The van der Waals surface area contributed by atoms with Crippen LogP contribution < -0.4 is 5.32 Å². The van der Waals surface area contributed by atoms with E-state index >= 15 is 0 Å². The molecule has 0 saturated heterocycles. The summed E-state index contributed by atoms with van der Waals surface area (Å²) in [6.45, 7) is 3.31. The zero-order chi connectivity index (χ0) is 23.4. The topological polar surface area (TPSA) is 58.9 Å². The van der Waals surface area contributed by atoms with Gasteiger partial charge in [0.1, 0.15) is 5.82 Å². The Morgan fingerprint density at radius 3 is 2.76 bits per heavy atom. The van der Waals surface area contributed by atoms with Gasteiger partial charge in [0.05, 0.1) is 12.3 Å². The fraction of sp³-hybridized carbons (Fsp3) is 0.250. The van der Waals surface area contributed by atoms with E-state index in [0.717, 1.165) is 27.5 Å². The van der Waals surface area contributed by atoms with Crippen LogP contribution in [0.3, 0.4) is 0 Å². The van der Waals surface area contributed by atoms with Crippen LogP contribution in [0, 0.1) is 12.7 Å². The number of thiazole rings is 1. The van der Waals surface area contributed by atoms with Crippen LogP contribution >= 0.6 is 22.9 Å². The molecule has 0 fully saturated rings. The second-order valence-corrected chi connectivity index (χ2v) is 8.88. The number of rotatable bonds is 8. The number of nitrogens with one attached hydrogen (secondary N) is 1. The number of methoxy groups -OCH3 is 1. The van der Waals surface area contributed by atoms with E-state index in [1.54, 1.807) is 30.2 Å². The van der Waals surface area contributed by atoms with Crippen LogP contribution in [0.4, 0.5) is 14.9 Å². The minimum absolute atomic E-state index is 0.212. The van der Waals surface area contributed by atoms with Crippen molar-refractivity contribution in [3.63, 3.8) is 0 Å². The molecule has 0 aliphatic carbocycles. The molecular weight excluding hydrogens is 463 g/mol. The minimum atomic E-state index is -0.275. The summed E-state index contributed by atoms with van der Waals surface area (Å²) in [6, 6.07) is 11.5. The molecule has 0 unspecified atom stereocenters. The number of hydrogen-bond acceptors (Lipinski definition) is 4. The molecule has 0 spiro atoms. The van der Waals surface area contributed by atoms with Crippen molar-refractivity contribution in [1.82, 2.24) is 14.3 Å². The van der Waals surface area contributed by atoms with Crippen molar-refractivity contribution in [3.8, 4) is 11.3 Å². The smallest absolute Gasteiger partial charge is 0.321 e. The Balaban J connectivity index is 1.47. The average Bonchev–Trinajstić information content (AvgIpc) is 3.38. The van der Waals surface area contributed by atoms with Gasteiger partial charge in [0.15, 0.2) is 4.96 Å². The second-order valence-electron chi connectivity index (χ2n) is 7.64. The van der Waals surface area contributed by atoms with E-state index in [9.17, 15) is 9.18 Å². The Hall–Kier alpha value is -2.94. The number of aryl methyl sites for hydroxylation is 1. The van der Waals surface area contributed by atoms with Crippen LogP contribution in [0.15, 0.2) is 54.0 Å². The summed E-state index contributed by atoms with van der Waals surface area (Å²) >= 11 is 7.72. The van der Waals surface area contributed by atoms with Crippen molar-refractivity contribution in [2.24, 2.45) is 0 Å². The number of halogens is 2. The number of carbonyl (C=O) groups is 1. The van der Waals surface area contributed by atoms with Gasteiger partial charge >= 0.3 is 6.03 Å². The van der Waals surface area contributed by atoms with Gasteiger partial charge in [-0.05, 0) is 48.9 Å². The third kappa shape index (κ3) is 5.52. The number of aromatic nitrogens is 2. The summed E-state index contributed by atoms with van der Waals surface area (Å²) in [5, 5.41) is 5.57. The van der Waals surface area contributed by atoms with Crippen LogP contribution in [-0.4, -0.2) is 47.1 Å². The monoisotopic (exact) mass is 486 g/mol. The Morgan fingerprint density at radius 1 is 1.24 bits per heavy atom. The summed E-state index contributed by atoms with van der Waals surface area (Å²) < 4.78 is 20.5. The quantitative estimate of drug-likeness (QED) is 0.338. The molecule has 2 amide bonds. The number of amides is 2. The molecule has 4 aromatic rings. The molecule has 0 aliphatic heterocycles. The highest BCUT2D eigenvalue weighted by molar-refractivity contribution is 7.15. The summed E-state index contributed by atoms with van der Waals surface area (Å²) in [6.07, 6.45) is 2.59.